The lowest BCUT2D eigenvalue weighted by molar-refractivity contribution is -0.120. The number of hydrogen-bond donors (Lipinski definition) is 2. The number of piperazine rings is 1. The van der Waals surface area contributed by atoms with Crippen molar-refractivity contribution in [2.24, 2.45) is 0 Å². The quantitative estimate of drug-likeness (QED) is 0.738. The molecule has 0 atom stereocenters. The summed E-state index contributed by atoms with van der Waals surface area (Å²) in [5.41, 5.74) is 1.15. The van der Waals surface area contributed by atoms with Crippen LogP contribution in [-0.4, -0.2) is 57.1 Å². The number of rotatable bonds is 7. The van der Waals surface area contributed by atoms with Gasteiger partial charge in [-0.05, 0) is 12.0 Å². The number of carbonyl (C=O) groups excluding carboxylic acids is 1. The zero-order valence-corrected chi connectivity index (χ0v) is 13.4. The third-order valence-electron chi connectivity index (χ3n) is 3.64. The monoisotopic (exact) mass is 325 g/mol. The zero-order chi connectivity index (χ0) is 15.8. The smallest absolute Gasteiger partial charge is 0.221 e. The van der Waals surface area contributed by atoms with Gasteiger partial charge < -0.3 is 10.6 Å². The van der Waals surface area contributed by atoms with Crippen molar-refractivity contribution in [1.29, 1.82) is 0 Å². The summed E-state index contributed by atoms with van der Waals surface area (Å²) in [6.07, 6.45) is 0.762. The van der Waals surface area contributed by atoms with Crippen molar-refractivity contribution < 1.29 is 13.2 Å². The Morgan fingerprint density at radius 1 is 1.18 bits per heavy atom. The Bertz CT molecular complexity index is 569. The van der Waals surface area contributed by atoms with Crippen LogP contribution in [0.4, 0.5) is 0 Å². The molecular weight excluding hydrogens is 302 g/mol. The second-order valence-electron chi connectivity index (χ2n) is 5.30. The Kier molecular flexibility index (Phi) is 6.35. The molecule has 2 rings (SSSR count). The standard InChI is InChI=1S/C15H23N3O3S/c19-15(17-8-6-14-4-2-1-3-5-14)7-13-22(20,21)18-11-9-16-10-12-18/h1-5,16H,6-13H2,(H,17,19). The van der Waals surface area contributed by atoms with Crippen molar-refractivity contribution in [3.05, 3.63) is 35.9 Å². The normalized spacial score (nSPS) is 16.4. The molecule has 1 amide bonds. The summed E-state index contributed by atoms with van der Waals surface area (Å²) < 4.78 is 25.7. The fourth-order valence-electron chi connectivity index (χ4n) is 2.35. The second kappa shape index (κ2) is 8.26. The number of nitrogens with zero attached hydrogens (tertiary/aromatic N) is 1. The first kappa shape index (κ1) is 16.9. The highest BCUT2D eigenvalue weighted by atomic mass is 32.2. The van der Waals surface area contributed by atoms with E-state index in [4.69, 9.17) is 0 Å². The van der Waals surface area contributed by atoms with Gasteiger partial charge in [0.05, 0.1) is 5.75 Å². The van der Waals surface area contributed by atoms with Crippen LogP contribution in [0.5, 0.6) is 0 Å². The largest absolute Gasteiger partial charge is 0.356 e. The molecule has 1 heterocycles. The maximum Gasteiger partial charge on any atom is 0.221 e. The molecule has 1 aromatic carbocycles. The van der Waals surface area contributed by atoms with E-state index in [1.54, 1.807) is 0 Å². The summed E-state index contributed by atoms with van der Waals surface area (Å²) in [5.74, 6) is -0.334. The number of amides is 1. The summed E-state index contributed by atoms with van der Waals surface area (Å²) >= 11 is 0. The predicted octanol–water partition coefficient (Wildman–Crippen LogP) is -0.0296. The number of nitrogens with one attached hydrogen (secondary N) is 2. The first-order valence-electron chi connectivity index (χ1n) is 7.57. The van der Waals surface area contributed by atoms with Gasteiger partial charge in [-0.1, -0.05) is 30.3 Å². The molecule has 0 saturated carbocycles. The Morgan fingerprint density at radius 2 is 1.86 bits per heavy atom. The molecule has 2 N–H and O–H groups in total. The molecule has 1 aromatic rings. The third kappa shape index (κ3) is 5.40. The lowest BCUT2D eigenvalue weighted by Gasteiger charge is -2.26. The fraction of sp³-hybridized carbons (Fsp3) is 0.533. The molecule has 1 saturated heterocycles. The maximum atomic E-state index is 12.1. The van der Waals surface area contributed by atoms with Crippen LogP contribution in [0.15, 0.2) is 30.3 Å². The van der Waals surface area contributed by atoms with Crippen LogP contribution in [0.3, 0.4) is 0 Å². The topological polar surface area (TPSA) is 78.5 Å². The number of sulfonamides is 1. The summed E-state index contributed by atoms with van der Waals surface area (Å²) in [5, 5.41) is 5.88. The van der Waals surface area contributed by atoms with Gasteiger partial charge in [0.2, 0.25) is 15.9 Å². The predicted molar refractivity (Wildman–Crippen MR) is 86.0 cm³/mol. The van der Waals surface area contributed by atoms with E-state index in [-0.39, 0.29) is 18.1 Å². The van der Waals surface area contributed by atoms with Crippen LogP contribution < -0.4 is 10.6 Å². The van der Waals surface area contributed by atoms with E-state index in [1.165, 1.54) is 4.31 Å². The molecule has 22 heavy (non-hydrogen) atoms. The Balaban J connectivity index is 1.68. The number of benzene rings is 1. The van der Waals surface area contributed by atoms with Gasteiger partial charge in [-0.25, -0.2) is 8.42 Å². The molecule has 1 fully saturated rings. The van der Waals surface area contributed by atoms with Crippen LogP contribution in [0, 0.1) is 0 Å². The number of carbonyl (C=O) groups is 1. The van der Waals surface area contributed by atoms with E-state index >= 15 is 0 Å². The molecule has 6 nitrogen and oxygen atoms in total. The van der Waals surface area contributed by atoms with Crippen molar-refractivity contribution in [2.75, 3.05) is 38.5 Å². The molecule has 1 aliphatic rings. The van der Waals surface area contributed by atoms with Crippen molar-refractivity contribution in [2.45, 2.75) is 12.8 Å². The molecule has 0 aromatic heterocycles. The van der Waals surface area contributed by atoms with E-state index in [1.807, 2.05) is 30.3 Å². The van der Waals surface area contributed by atoms with Crippen LogP contribution in [0.1, 0.15) is 12.0 Å². The van der Waals surface area contributed by atoms with Gasteiger partial charge in [-0.15, -0.1) is 0 Å². The Morgan fingerprint density at radius 3 is 2.55 bits per heavy atom. The molecular formula is C15H23N3O3S. The lowest BCUT2D eigenvalue weighted by Crippen LogP contribution is -2.47. The Hall–Kier alpha value is -1.44. The second-order valence-corrected chi connectivity index (χ2v) is 7.39. The van der Waals surface area contributed by atoms with Gasteiger partial charge in [0.1, 0.15) is 0 Å². The minimum absolute atomic E-state index is 0.0149. The summed E-state index contributed by atoms with van der Waals surface area (Å²) in [7, 11) is -3.32. The van der Waals surface area contributed by atoms with Crippen molar-refractivity contribution >= 4 is 15.9 Å². The van der Waals surface area contributed by atoms with E-state index in [0.29, 0.717) is 32.7 Å². The molecule has 7 heteroatoms. The molecule has 0 bridgehead atoms. The van der Waals surface area contributed by atoms with Crippen LogP contribution in [-0.2, 0) is 21.2 Å². The zero-order valence-electron chi connectivity index (χ0n) is 12.6. The van der Waals surface area contributed by atoms with Gasteiger partial charge in [-0.2, -0.15) is 4.31 Å². The molecule has 0 aliphatic carbocycles. The highest BCUT2D eigenvalue weighted by Crippen LogP contribution is 2.05. The van der Waals surface area contributed by atoms with Crippen molar-refractivity contribution in [3.8, 4) is 0 Å². The lowest BCUT2D eigenvalue weighted by atomic mass is 10.1. The molecule has 1 aliphatic heterocycles. The minimum Gasteiger partial charge on any atom is -0.356 e. The first-order chi connectivity index (χ1) is 10.6. The van der Waals surface area contributed by atoms with Gasteiger partial charge in [0, 0.05) is 39.1 Å². The van der Waals surface area contributed by atoms with Crippen molar-refractivity contribution in [1.82, 2.24) is 14.9 Å². The number of hydrogen-bond acceptors (Lipinski definition) is 4. The van der Waals surface area contributed by atoms with Gasteiger partial charge >= 0.3 is 0 Å². The third-order valence-corrected chi connectivity index (χ3v) is 5.51. The molecule has 0 radical (unpaired) electrons. The van der Waals surface area contributed by atoms with Gasteiger partial charge in [0.15, 0.2) is 0 Å². The molecule has 0 spiro atoms. The SMILES string of the molecule is O=C(CCS(=O)(=O)N1CCNCC1)NCCc1ccccc1. The van der Waals surface area contributed by atoms with E-state index in [2.05, 4.69) is 10.6 Å². The van der Waals surface area contributed by atoms with Crippen LogP contribution in [0.2, 0.25) is 0 Å². The van der Waals surface area contributed by atoms with Gasteiger partial charge in [0.25, 0.3) is 0 Å². The summed E-state index contributed by atoms with van der Waals surface area (Å²) in [6.45, 7) is 2.83. The maximum absolute atomic E-state index is 12.1. The summed E-state index contributed by atoms with van der Waals surface area (Å²) in [4.78, 5) is 11.8. The average molecular weight is 325 g/mol. The molecule has 122 valence electrons. The van der Waals surface area contributed by atoms with Crippen molar-refractivity contribution in [3.63, 3.8) is 0 Å². The summed E-state index contributed by atoms with van der Waals surface area (Å²) in [6, 6.07) is 9.86. The van der Waals surface area contributed by atoms with E-state index in [0.717, 1.165) is 12.0 Å². The Labute approximate surface area is 131 Å². The fourth-order valence-corrected chi connectivity index (χ4v) is 3.79. The average Bonchev–Trinajstić information content (AvgIpc) is 2.55. The highest BCUT2D eigenvalue weighted by molar-refractivity contribution is 7.89. The minimum atomic E-state index is -3.32. The van der Waals surface area contributed by atoms with Gasteiger partial charge in [-0.3, -0.25) is 4.79 Å². The van der Waals surface area contributed by atoms with Crippen LogP contribution >= 0.6 is 0 Å². The van der Waals surface area contributed by atoms with E-state index < -0.39 is 10.0 Å². The highest BCUT2D eigenvalue weighted by Gasteiger charge is 2.24. The first-order valence-corrected chi connectivity index (χ1v) is 9.18. The molecule has 0 unspecified atom stereocenters. The van der Waals surface area contributed by atoms with E-state index in [9.17, 15) is 13.2 Å². The van der Waals surface area contributed by atoms with Crippen LogP contribution in [0.25, 0.3) is 0 Å².